The van der Waals surface area contributed by atoms with E-state index in [0.717, 1.165) is 16.7 Å². The summed E-state index contributed by atoms with van der Waals surface area (Å²) in [5, 5.41) is 0. The van der Waals surface area contributed by atoms with Gasteiger partial charge in [0.2, 0.25) is 0 Å². The van der Waals surface area contributed by atoms with Crippen LogP contribution in [0.1, 0.15) is 37.5 Å². The molecule has 1 rings (SSSR count). The number of hydrogen-bond donors (Lipinski definition) is 1. The summed E-state index contributed by atoms with van der Waals surface area (Å²) < 4.78 is 5.36. The Hall–Kier alpha value is -1.73. The SMILES string of the molecule is Cc1c(N)cc(CC(=O)OC(C)(C)C)cc1C#C[Si](C)(C)C. The van der Waals surface area contributed by atoms with Crippen molar-refractivity contribution in [3.8, 4) is 11.5 Å². The molecule has 22 heavy (non-hydrogen) atoms. The van der Waals surface area contributed by atoms with Crippen molar-refractivity contribution in [2.45, 2.75) is 59.4 Å². The minimum atomic E-state index is -1.46. The molecule has 3 nitrogen and oxygen atoms in total. The zero-order chi connectivity index (χ0) is 17.1. The molecule has 4 heteroatoms. The first-order chi connectivity index (χ1) is 9.87. The summed E-state index contributed by atoms with van der Waals surface area (Å²) in [5.74, 6) is 2.99. The lowest BCUT2D eigenvalue weighted by Crippen LogP contribution is -2.25. The van der Waals surface area contributed by atoms with Crippen molar-refractivity contribution in [3.05, 3.63) is 28.8 Å². The Labute approximate surface area is 135 Å². The molecule has 120 valence electrons. The molecule has 0 amide bonds. The first-order valence-electron chi connectivity index (χ1n) is 7.51. The van der Waals surface area contributed by atoms with Crippen LogP contribution in [0.4, 0.5) is 5.69 Å². The summed E-state index contributed by atoms with van der Waals surface area (Å²) in [7, 11) is -1.46. The van der Waals surface area contributed by atoms with Gasteiger partial charge < -0.3 is 10.5 Å². The van der Waals surface area contributed by atoms with Crippen LogP contribution in [0, 0.1) is 18.4 Å². The fraction of sp³-hybridized carbons (Fsp3) is 0.500. The molecule has 0 bridgehead atoms. The van der Waals surface area contributed by atoms with Crippen LogP contribution in [-0.2, 0) is 16.0 Å². The highest BCUT2D eigenvalue weighted by molar-refractivity contribution is 6.83. The Bertz CT molecular complexity index is 625. The van der Waals surface area contributed by atoms with E-state index in [9.17, 15) is 4.79 Å². The minimum Gasteiger partial charge on any atom is -0.460 e. The Balaban J connectivity index is 3.06. The summed E-state index contributed by atoms with van der Waals surface area (Å²) in [6.07, 6.45) is 0.212. The lowest BCUT2D eigenvalue weighted by atomic mass is 10.0. The smallest absolute Gasteiger partial charge is 0.310 e. The number of nitrogen functional groups attached to an aromatic ring is 1. The van der Waals surface area contributed by atoms with Gasteiger partial charge in [0, 0.05) is 11.3 Å². The van der Waals surface area contributed by atoms with E-state index in [0.29, 0.717) is 5.69 Å². The maximum atomic E-state index is 12.0. The van der Waals surface area contributed by atoms with Crippen molar-refractivity contribution in [2.24, 2.45) is 0 Å². The van der Waals surface area contributed by atoms with Crippen LogP contribution in [0.2, 0.25) is 19.6 Å². The van der Waals surface area contributed by atoms with Gasteiger partial charge in [0.05, 0.1) is 6.42 Å². The third-order valence-electron chi connectivity index (χ3n) is 2.85. The molecule has 0 aliphatic carbocycles. The number of esters is 1. The number of nitrogens with two attached hydrogens (primary N) is 1. The van der Waals surface area contributed by atoms with Gasteiger partial charge in [-0.05, 0) is 51.0 Å². The first kappa shape index (κ1) is 18.3. The van der Waals surface area contributed by atoms with Gasteiger partial charge in [-0.25, -0.2) is 0 Å². The second kappa shape index (κ2) is 6.58. The summed E-state index contributed by atoms with van der Waals surface area (Å²) >= 11 is 0. The summed E-state index contributed by atoms with van der Waals surface area (Å²) in [6, 6.07) is 3.78. The largest absolute Gasteiger partial charge is 0.460 e. The van der Waals surface area contributed by atoms with E-state index in [1.807, 2.05) is 39.8 Å². The number of carbonyl (C=O) groups is 1. The fourth-order valence-electron chi connectivity index (χ4n) is 1.83. The van der Waals surface area contributed by atoms with Gasteiger partial charge in [0.1, 0.15) is 13.7 Å². The van der Waals surface area contributed by atoms with E-state index >= 15 is 0 Å². The summed E-state index contributed by atoms with van der Waals surface area (Å²) in [4.78, 5) is 12.0. The second-order valence-electron chi connectivity index (χ2n) is 7.62. The molecule has 0 saturated heterocycles. The van der Waals surface area contributed by atoms with Crippen LogP contribution in [0.3, 0.4) is 0 Å². The van der Waals surface area contributed by atoms with Crippen LogP contribution < -0.4 is 5.73 Å². The maximum Gasteiger partial charge on any atom is 0.310 e. The van der Waals surface area contributed by atoms with Crippen LogP contribution in [-0.4, -0.2) is 19.6 Å². The van der Waals surface area contributed by atoms with Crippen molar-refractivity contribution in [1.29, 1.82) is 0 Å². The maximum absolute atomic E-state index is 12.0. The van der Waals surface area contributed by atoms with Gasteiger partial charge in [-0.1, -0.05) is 25.6 Å². The van der Waals surface area contributed by atoms with Crippen molar-refractivity contribution in [1.82, 2.24) is 0 Å². The van der Waals surface area contributed by atoms with E-state index in [4.69, 9.17) is 10.5 Å². The predicted octanol–water partition coefficient (Wildman–Crippen LogP) is 3.69. The van der Waals surface area contributed by atoms with Gasteiger partial charge in [-0.15, -0.1) is 5.54 Å². The molecule has 1 aromatic carbocycles. The molecule has 0 unspecified atom stereocenters. The van der Waals surface area contributed by atoms with E-state index in [1.54, 1.807) is 0 Å². The average molecular weight is 318 g/mol. The number of rotatable bonds is 2. The zero-order valence-corrected chi connectivity index (χ0v) is 15.8. The molecule has 0 atom stereocenters. The minimum absolute atomic E-state index is 0.212. The standard InChI is InChI=1S/C18H27NO2Si/c1-13-15(8-9-22(5,6)7)10-14(11-16(13)19)12-17(20)21-18(2,3)4/h10-11H,12,19H2,1-7H3. The second-order valence-corrected chi connectivity index (χ2v) is 12.4. The van der Waals surface area contributed by atoms with Gasteiger partial charge in [0.15, 0.2) is 0 Å². The molecule has 0 heterocycles. The first-order valence-corrected chi connectivity index (χ1v) is 11.0. The van der Waals surface area contributed by atoms with Crippen LogP contribution in [0.5, 0.6) is 0 Å². The van der Waals surface area contributed by atoms with Gasteiger partial charge in [-0.3, -0.25) is 4.79 Å². The topological polar surface area (TPSA) is 52.3 Å². The zero-order valence-electron chi connectivity index (χ0n) is 14.8. The lowest BCUT2D eigenvalue weighted by molar-refractivity contribution is -0.153. The average Bonchev–Trinajstić information content (AvgIpc) is 2.28. The molecule has 2 N–H and O–H groups in total. The Morgan fingerprint density at radius 2 is 1.86 bits per heavy atom. The quantitative estimate of drug-likeness (QED) is 0.392. The van der Waals surface area contributed by atoms with E-state index in [2.05, 4.69) is 31.1 Å². The summed E-state index contributed by atoms with van der Waals surface area (Å²) in [5.41, 5.74) is 12.3. The molecule has 0 aliphatic heterocycles. The third-order valence-corrected chi connectivity index (χ3v) is 3.72. The van der Waals surface area contributed by atoms with Crippen molar-refractivity contribution in [2.75, 3.05) is 5.73 Å². The molecule has 0 radical (unpaired) electrons. The predicted molar refractivity (Wildman–Crippen MR) is 95.4 cm³/mol. The highest BCUT2D eigenvalue weighted by Crippen LogP contribution is 2.20. The molecule has 0 aromatic heterocycles. The number of ether oxygens (including phenoxy) is 1. The van der Waals surface area contributed by atoms with Gasteiger partial charge in [-0.2, -0.15) is 0 Å². The van der Waals surface area contributed by atoms with E-state index < -0.39 is 13.7 Å². The van der Waals surface area contributed by atoms with Gasteiger partial charge in [0.25, 0.3) is 0 Å². The molecule has 0 spiro atoms. The number of benzene rings is 1. The van der Waals surface area contributed by atoms with Gasteiger partial charge >= 0.3 is 5.97 Å². The van der Waals surface area contributed by atoms with E-state index in [-0.39, 0.29) is 12.4 Å². The Morgan fingerprint density at radius 1 is 1.27 bits per heavy atom. The molecular formula is C18H27NO2Si. The molecule has 0 aliphatic rings. The summed E-state index contributed by atoms with van der Waals surface area (Å²) in [6.45, 7) is 14.1. The third kappa shape index (κ3) is 6.36. The fourth-order valence-corrected chi connectivity index (χ4v) is 2.34. The lowest BCUT2D eigenvalue weighted by Gasteiger charge is -2.19. The Kier molecular flexibility index (Phi) is 5.48. The number of hydrogen-bond acceptors (Lipinski definition) is 3. The number of anilines is 1. The van der Waals surface area contributed by atoms with Crippen LogP contribution >= 0.6 is 0 Å². The molecular weight excluding hydrogens is 290 g/mol. The normalized spacial score (nSPS) is 11.6. The van der Waals surface area contributed by atoms with E-state index in [1.165, 1.54) is 0 Å². The number of carbonyl (C=O) groups excluding carboxylic acids is 1. The van der Waals surface area contributed by atoms with Crippen LogP contribution in [0.15, 0.2) is 12.1 Å². The Morgan fingerprint density at radius 3 is 2.36 bits per heavy atom. The van der Waals surface area contributed by atoms with Crippen molar-refractivity contribution >= 4 is 19.7 Å². The van der Waals surface area contributed by atoms with Crippen LogP contribution in [0.25, 0.3) is 0 Å². The highest BCUT2D eigenvalue weighted by atomic mass is 28.3. The highest BCUT2D eigenvalue weighted by Gasteiger charge is 2.17. The molecule has 0 fully saturated rings. The van der Waals surface area contributed by atoms with Crippen molar-refractivity contribution in [3.63, 3.8) is 0 Å². The molecule has 0 saturated carbocycles. The molecule has 1 aromatic rings. The monoisotopic (exact) mass is 317 g/mol. The van der Waals surface area contributed by atoms with Crippen molar-refractivity contribution < 1.29 is 9.53 Å².